The third-order valence-corrected chi connectivity index (χ3v) is 14.2. The van der Waals surface area contributed by atoms with E-state index in [0.29, 0.717) is 5.92 Å². The number of aliphatic hydroxyl groups excluding tert-OH is 1. The van der Waals surface area contributed by atoms with Crippen LogP contribution in [0.5, 0.6) is 0 Å². The molecule has 0 spiro atoms. The van der Waals surface area contributed by atoms with Gasteiger partial charge in [-0.2, -0.15) is 0 Å². The number of likely N-dealkylation sites (N-methyl/N-ethyl adjacent to an activating group) is 1. The van der Waals surface area contributed by atoms with E-state index in [9.17, 15) is 53.4 Å². The van der Waals surface area contributed by atoms with Crippen LogP contribution in [-0.2, 0) is 54.1 Å². The minimum Gasteiger partial charge on any atom is -0.481 e. The van der Waals surface area contributed by atoms with Crippen LogP contribution in [-0.4, -0.2) is 144 Å². The van der Waals surface area contributed by atoms with Crippen molar-refractivity contribution in [3.8, 4) is 11.1 Å². The van der Waals surface area contributed by atoms with E-state index in [-0.39, 0.29) is 23.0 Å². The van der Waals surface area contributed by atoms with Crippen molar-refractivity contribution in [3.63, 3.8) is 0 Å². The number of benzene rings is 2. The molecule has 0 radical (unpaired) electrons. The monoisotopic (exact) mass is 1000 g/mol. The summed E-state index contributed by atoms with van der Waals surface area (Å²) >= 11 is 0. The lowest BCUT2D eigenvalue weighted by Gasteiger charge is -2.64. The highest BCUT2D eigenvalue weighted by Gasteiger charge is 2.68. The molecule has 392 valence electrons. The summed E-state index contributed by atoms with van der Waals surface area (Å²) in [7, 11) is 0.289. The first-order valence-corrected chi connectivity index (χ1v) is 24.1. The summed E-state index contributed by atoms with van der Waals surface area (Å²) in [5.41, 5.74) is 20.0. The van der Waals surface area contributed by atoms with Crippen molar-refractivity contribution in [1.82, 2.24) is 36.8 Å². The van der Waals surface area contributed by atoms with Gasteiger partial charge < -0.3 is 73.5 Å². The van der Waals surface area contributed by atoms with E-state index in [2.05, 4.69) is 64.8 Å². The van der Waals surface area contributed by atoms with Gasteiger partial charge in [-0.3, -0.25) is 43.2 Å². The molecule has 8 amide bonds. The minimum absolute atomic E-state index is 0.0749. The smallest absolute Gasteiger partial charge is 0.481 e. The van der Waals surface area contributed by atoms with Gasteiger partial charge in [0.15, 0.2) is 12.3 Å². The Balaban J connectivity index is 1.10. The Bertz CT molecular complexity index is 2340. The Labute approximate surface area is 418 Å². The number of hydrogen-bond acceptors (Lipinski definition) is 14. The van der Waals surface area contributed by atoms with Gasteiger partial charge >= 0.3 is 13.1 Å². The molecule has 4 aliphatic rings. The molecule has 24 heteroatoms. The van der Waals surface area contributed by atoms with Gasteiger partial charge in [-0.05, 0) is 92.0 Å². The third kappa shape index (κ3) is 13.7. The minimum atomic E-state index is -1.90. The molecule has 1 heterocycles. The van der Waals surface area contributed by atoms with Gasteiger partial charge in [-0.15, -0.1) is 0 Å². The molecular formula is C48H69BN10O13. The van der Waals surface area contributed by atoms with E-state index in [1.807, 2.05) is 19.1 Å². The lowest BCUT2D eigenvalue weighted by Crippen LogP contribution is -2.65. The van der Waals surface area contributed by atoms with Crippen LogP contribution in [0.4, 0.5) is 0 Å². The molecule has 2 aromatic carbocycles. The largest absolute Gasteiger partial charge is 0.481 e. The molecular weight excluding hydrogens is 935 g/mol. The van der Waals surface area contributed by atoms with Gasteiger partial charge in [0.2, 0.25) is 29.5 Å². The molecule has 72 heavy (non-hydrogen) atoms. The average Bonchev–Trinajstić information content (AvgIpc) is 3.71. The molecule has 3 saturated carbocycles. The van der Waals surface area contributed by atoms with Crippen LogP contribution in [0.1, 0.15) is 95.5 Å². The second-order valence-electron chi connectivity index (χ2n) is 19.6. The number of nitrogens with zero attached hydrogens (tertiary/aromatic N) is 1. The number of unbranched alkanes of at least 4 members (excludes halogenated alkanes) is 1. The highest BCUT2D eigenvalue weighted by atomic mass is 16.7. The van der Waals surface area contributed by atoms with Crippen LogP contribution in [0.2, 0.25) is 0 Å². The zero-order valence-electron chi connectivity index (χ0n) is 41.5. The van der Waals surface area contributed by atoms with Crippen molar-refractivity contribution in [2.45, 2.75) is 134 Å². The molecule has 2 aromatic rings. The van der Waals surface area contributed by atoms with Gasteiger partial charge in [0.25, 0.3) is 17.7 Å². The molecule has 3 aliphatic carbocycles. The van der Waals surface area contributed by atoms with Crippen molar-refractivity contribution >= 4 is 60.3 Å². The van der Waals surface area contributed by atoms with Gasteiger partial charge in [0, 0.05) is 19.0 Å². The maximum absolute atomic E-state index is 13.5. The van der Waals surface area contributed by atoms with Gasteiger partial charge in [0.1, 0.15) is 18.1 Å². The summed E-state index contributed by atoms with van der Waals surface area (Å²) < 4.78 is 12.7. The number of aliphatic hydroxyl groups is 1. The number of aliphatic carboxylic acids is 1. The second kappa shape index (κ2) is 24.3. The molecule has 2 bridgehead atoms. The molecule has 1 unspecified atom stereocenters. The fourth-order valence-electron chi connectivity index (χ4n) is 9.64. The molecule has 23 nitrogen and oxygen atoms in total. The molecule has 1 saturated heterocycles. The van der Waals surface area contributed by atoms with Crippen LogP contribution >= 0.6 is 0 Å². The van der Waals surface area contributed by atoms with Crippen LogP contribution < -0.4 is 49.1 Å². The lowest BCUT2D eigenvalue weighted by atomic mass is 9.43. The van der Waals surface area contributed by atoms with Crippen molar-refractivity contribution in [2.24, 2.45) is 34.5 Å². The maximum atomic E-state index is 13.5. The van der Waals surface area contributed by atoms with Crippen molar-refractivity contribution in [1.29, 1.82) is 0 Å². The number of aryl methyl sites for hydroxylation is 1. The highest BCUT2D eigenvalue weighted by Crippen LogP contribution is 2.65. The van der Waals surface area contributed by atoms with E-state index >= 15 is 0 Å². The fraction of sp³-hybridized carbons (Fsp3) is 0.562. The quantitative estimate of drug-likeness (QED) is 0.0400. The maximum Gasteiger partial charge on any atom is 0.481 e. The van der Waals surface area contributed by atoms with Crippen LogP contribution in [0.3, 0.4) is 0 Å². The molecule has 6 rings (SSSR count). The van der Waals surface area contributed by atoms with Crippen molar-refractivity contribution < 1.29 is 62.7 Å². The van der Waals surface area contributed by atoms with Gasteiger partial charge in [-0.25, -0.2) is 0 Å². The van der Waals surface area contributed by atoms with E-state index in [0.717, 1.165) is 55.2 Å². The van der Waals surface area contributed by atoms with Gasteiger partial charge in [-0.1, -0.05) is 63.6 Å². The van der Waals surface area contributed by atoms with Gasteiger partial charge in [0.05, 0.1) is 37.2 Å². The second-order valence-corrected chi connectivity index (χ2v) is 19.6. The number of carbonyl (C=O) groups is 9. The Morgan fingerprint density at radius 1 is 0.806 bits per heavy atom. The number of carbonyl (C=O) groups excluding carboxylic acids is 8. The van der Waals surface area contributed by atoms with Crippen LogP contribution in [0.15, 0.2) is 48.5 Å². The summed E-state index contributed by atoms with van der Waals surface area (Å²) in [6.45, 7) is 8.51. The summed E-state index contributed by atoms with van der Waals surface area (Å²) in [4.78, 5) is 117. The summed E-state index contributed by atoms with van der Waals surface area (Å²) in [5.74, 6) is -9.11. The predicted molar refractivity (Wildman–Crippen MR) is 261 cm³/mol. The Morgan fingerprint density at radius 2 is 1.40 bits per heavy atom. The van der Waals surface area contributed by atoms with Crippen LogP contribution in [0.25, 0.3) is 11.1 Å². The first kappa shape index (κ1) is 56.4. The number of hydrogen-bond donors (Lipinski definition) is 11. The highest BCUT2D eigenvalue weighted by molar-refractivity contribution is 6.47. The first-order chi connectivity index (χ1) is 33.9. The normalized spacial score (nSPS) is 21.9. The van der Waals surface area contributed by atoms with Crippen LogP contribution in [0, 0.1) is 17.3 Å². The SMILES string of the molecule is CCCCc1ccc(-c2ccc(C(=O)N[C@H](CO)C(=O)N[C@H](N)C(=O)NCC(=O)N(C)[C@@H](CCC(=O)O)C(=O)N[C@@H](N)C(=O)N[C@@H](CC(N)=O)C(=O)N[C@@H](C)B3OC4C[C@@H]5C[C@@H](C5(C)C)[C@]4(C)O3)cc2)cc1. The summed E-state index contributed by atoms with van der Waals surface area (Å²) in [6.07, 6.45) is -0.670. The molecule has 10 atom stereocenters. The topological polar surface area (TPSA) is 366 Å². The molecule has 1 aliphatic heterocycles. The van der Waals surface area contributed by atoms with Crippen molar-refractivity contribution in [2.75, 3.05) is 20.2 Å². The zero-order valence-corrected chi connectivity index (χ0v) is 41.5. The molecule has 0 aromatic heterocycles. The first-order valence-electron chi connectivity index (χ1n) is 24.1. The summed E-state index contributed by atoms with van der Waals surface area (Å²) in [6, 6.07) is 10.0. The van der Waals surface area contributed by atoms with E-state index in [1.165, 1.54) is 5.56 Å². The lowest BCUT2D eigenvalue weighted by molar-refractivity contribution is -0.199. The number of nitrogens with one attached hydrogen (secondary N) is 6. The Kier molecular flexibility index (Phi) is 19.1. The number of nitrogens with two attached hydrogens (primary N) is 3. The zero-order chi connectivity index (χ0) is 53.2. The van der Waals surface area contributed by atoms with Crippen molar-refractivity contribution in [3.05, 3.63) is 59.7 Å². The molecule has 4 fully saturated rings. The average molecular weight is 1000 g/mol. The molecule has 14 N–H and O–H groups in total. The fourth-order valence-corrected chi connectivity index (χ4v) is 9.64. The number of amides is 8. The number of primary amides is 1. The van der Waals surface area contributed by atoms with E-state index in [4.69, 9.17) is 26.5 Å². The van der Waals surface area contributed by atoms with E-state index < -0.39 is 135 Å². The standard InChI is InChI=1S/C48H69BN10O13/c1-7-8-9-26-10-12-27(13-11-26)28-14-16-29(17-15-28)41(65)56-32(24-60)43(67)57-39(51)45(69)53-23-37(62)59(6)33(18-19-38(63)64)44(68)58-40(52)46(70)55-31(22-36(50)61)42(66)54-25(2)49-71-35-21-30-20-34(47(30,3)4)48(35,5)72-49/h10-17,25,30-35,39-40,60H,7-9,18-24,51-52H2,1-6H3,(H2,50,61)(H,53,69)(H,54,66)(H,55,70)(H,56,65)(H,57,67)(H,58,68)(H,63,64)/t25-,30-,31-,32+,33-,34-,35?,39-,40+,48-/m0/s1. The number of carboxylic acid groups (broad SMARTS) is 1. The van der Waals surface area contributed by atoms with E-state index in [1.54, 1.807) is 31.2 Å². The number of rotatable bonds is 25. The number of carboxylic acids is 1. The predicted octanol–water partition coefficient (Wildman–Crippen LogP) is -1.47. The third-order valence-electron chi connectivity index (χ3n) is 14.2. The Hall–Kier alpha value is -6.47. The Morgan fingerprint density at radius 3 is 1.99 bits per heavy atom. The summed E-state index contributed by atoms with van der Waals surface area (Å²) in [5, 5.41) is 33.2.